The van der Waals surface area contributed by atoms with Gasteiger partial charge in [0.05, 0.1) is 10.7 Å². The number of halogens is 2. The summed E-state index contributed by atoms with van der Waals surface area (Å²) in [5.41, 5.74) is 0.962. The summed E-state index contributed by atoms with van der Waals surface area (Å²) in [5, 5.41) is 6.15. The van der Waals surface area contributed by atoms with Gasteiger partial charge in [0.1, 0.15) is 11.6 Å². The molecule has 1 fully saturated rings. The van der Waals surface area contributed by atoms with Crippen LogP contribution in [0.1, 0.15) is 17.3 Å². The van der Waals surface area contributed by atoms with E-state index < -0.39 is 11.6 Å². The quantitative estimate of drug-likeness (QED) is 0.903. The van der Waals surface area contributed by atoms with Crippen LogP contribution in [0.15, 0.2) is 23.6 Å². The first kappa shape index (κ1) is 11.7. The van der Waals surface area contributed by atoms with E-state index in [4.69, 9.17) is 0 Å². The van der Waals surface area contributed by atoms with Crippen LogP contribution >= 0.6 is 11.3 Å². The highest BCUT2D eigenvalue weighted by Crippen LogP contribution is 2.30. The summed E-state index contributed by atoms with van der Waals surface area (Å²) >= 11 is 1.54. The lowest BCUT2D eigenvalue weighted by atomic mass is 10.1. The van der Waals surface area contributed by atoms with Crippen LogP contribution in [-0.2, 0) is 0 Å². The zero-order valence-corrected chi connectivity index (χ0v) is 10.4. The predicted molar refractivity (Wildman–Crippen MR) is 67.7 cm³/mol. The van der Waals surface area contributed by atoms with Crippen molar-refractivity contribution < 1.29 is 8.78 Å². The van der Waals surface area contributed by atoms with Crippen molar-refractivity contribution in [2.75, 3.05) is 13.1 Å². The van der Waals surface area contributed by atoms with E-state index in [1.807, 2.05) is 5.38 Å². The molecule has 1 saturated heterocycles. The first-order valence-corrected chi connectivity index (χ1v) is 6.73. The second-order valence-corrected chi connectivity index (χ2v) is 5.27. The Kier molecular flexibility index (Phi) is 3.09. The van der Waals surface area contributed by atoms with E-state index in [0.717, 1.165) is 30.6 Å². The molecule has 18 heavy (non-hydrogen) atoms. The average Bonchev–Trinajstić information content (AvgIpc) is 2.99. The molecule has 1 aromatic carbocycles. The van der Waals surface area contributed by atoms with E-state index in [0.29, 0.717) is 17.2 Å². The predicted octanol–water partition coefficient (Wildman–Crippen LogP) is 3.17. The molecule has 0 radical (unpaired) electrons. The summed E-state index contributed by atoms with van der Waals surface area (Å²) in [7, 11) is 0. The van der Waals surface area contributed by atoms with Gasteiger partial charge in [-0.25, -0.2) is 13.8 Å². The van der Waals surface area contributed by atoms with Gasteiger partial charge in [0.2, 0.25) is 0 Å². The monoisotopic (exact) mass is 266 g/mol. The second-order valence-electron chi connectivity index (χ2n) is 4.38. The maximum absolute atomic E-state index is 13.6. The van der Waals surface area contributed by atoms with Gasteiger partial charge in [-0.05, 0) is 25.1 Å². The van der Waals surface area contributed by atoms with Gasteiger partial charge in [-0.1, -0.05) is 0 Å². The fourth-order valence-electron chi connectivity index (χ4n) is 2.16. The molecule has 94 valence electrons. The highest BCUT2D eigenvalue weighted by atomic mass is 32.1. The highest BCUT2D eigenvalue weighted by Gasteiger charge is 2.20. The Balaban J connectivity index is 1.92. The Morgan fingerprint density at radius 2 is 2.22 bits per heavy atom. The second kappa shape index (κ2) is 4.74. The van der Waals surface area contributed by atoms with Crippen LogP contribution in [0.5, 0.6) is 0 Å². The molecule has 1 aliphatic rings. The third-order valence-corrected chi connectivity index (χ3v) is 4.15. The molecule has 1 unspecified atom stereocenters. The summed E-state index contributed by atoms with van der Waals surface area (Å²) in [5.74, 6) is -0.699. The van der Waals surface area contributed by atoms with Gasteiger partial charge in [0.25, 0.3) is 0 Å². The molecule has 1 aliphatic heterocycles. The van der Waals surface area contributed by atoms with E-state index in [2.05, 4.69) is 10.3 Å². The summed E-state index contributed by atoms with van der Waals surface area (Å²) in [4.78, 5) is 4.47. The summed E-state index contributed by atoms with van der Waals surface area (Å²) in [6, 6.07) is 3.59. The SMILES string of the molecule is Fc1ccc(-c2csc(C3CCNC3)n2)c(F)c1. The Hall–Kier alpha value is -1.33. The minimum Gasteiger partial charge on any atom is -0.316 e. The third-order valence-electron chi connectivity index (χ3n) is 3.14. The molecule has 0 saturated carbocycles. The molecule has 5 heteroatoms. The van der Waals surface area contributed by atoms with Crippen LogP contribution in [0.25, 0.3) is 11.3 Å². The van der Waals surface area contributed by atoms with Crippen LogP contribution in [-0.4, -0.2) is 18.1 Å². The smallest absolute Gasteiger partial charge is 0.135 e. The van der Waals surface area contributed by atoms with E-state index in [-0.39, 0.29) is 0 Å². The zero-order valence-electron chi connectivity index (χ0n) is 9.62. The minimum atomic E-state index is -0.563. The average molecular weight is 266 g/mol. The molecule has 1 N–H and O–H groups in total. The largest absolute Gasteiger partial charge is 0.316 e. The third kappa shape index (κ3) is 2.15. The van der Waals surface area contributed by atoms with Crippen molar-refractivity contribution in [1.29, 1.82) is 0 Å². The zero-order chi connectivity index (χ0) is 12.5. The number of nitrogens with one attached hydrogen (secondary N) is 1. The summed E-state index contributed by atoms with van der Waals surface area (Å²) < 4.78 is 26.5. The van der Waals surface area contributed by atoms with Gasteiger partial charge in [-0.3, -0.25) is 0 Å². The molecule has 0 aliphatic carbocycles. The van der Waals surface area contributed by atoms with Crippen molar-refractivity contribution in [2.24, 2.45) is 0 Å². The molecule has 0 amide bonds. The number of hydrogen-bond donors (Lipinski definition) is 1. The lowest BCUT2D eigenvalue weighted by Crippen LogP contribution is -2.07. The van der Waals surface area contributed by atoms with Gasteiger partial charge >= 0.3 is 0 Å². The van der Waals surface area contributed by atoms with Crippen LogP contribution < -0.4 is 5.32 Å². The Labute approximate surface area is 108 Å². The molecular weight excluding hydrogens is 254 g/mol. The van der Waals surface area contributed by atoms with Crippen LogP contribution in [0, 0.1) is 11.6 Å². The van der Waals surface area contributed by atoms with Crippen molar-refractivity contribution in [3.05, 3.63) is 40.2 Å². The molecule has 2 heterocycles. The number of rotatable bonds is 2. The molecule has 2 aromatic rings. The van der Waals surface area contributed by atoms with Crippen molar-refractivity contribution in [2.45, 2.75) is 12.3 Å². The van der Waals surface area contributed by atoms with Gasteiger partial charge in [-0.2, -0.15) is 0 Å². The Morgan fingerprint density at radius 3 is 2.94 bits per heavy atom. The molecule has 2 nitrogen and oxygen atoms in total. The first-order chi connectivity index (χ1) is 8.74. The van der Waals surface area contributed by atoms with Gasteiger partial charge < -0.3 is 5.32 Å². The maximum atomic E-state index is 13.6. The number of thiazole rings is 1. The van der Waals surface area contributed by atoms with E-state index >= 15 is 0 Å². The van der Waals surface area contributed by atoms with E-state index in [1.54, 1.807) is 11.3 Å². The lowest BCUT2D eigenvalue weighted by molar-refractivity contribution is 0.585. The van der Waals surface area contributed by atoms with Crippen molar-refractivity contribution in [3.63, 3.8) is 0 Å². The van der Waals surface area contributed by atoms with Crippen LogP contribution in [0.4, 0.5) is 8.78 Å². The van der Waals surface area contributed by atoms with Crippen LogP contribution in [0.3, 0.4) is 0 Å². The number of hydrogen-bond acceptors (Lipinski definition) is 3. The first-order valence-electron chi connectivity index (χ1n) is 5.85. The number of nitrogens with zero attached hydrogens (tertiary/aromatic N) is 1. The summed E-state index contributed by atoms with van der Waals surface area (Å²) in [6.45, 7) is 1.93. The minimum absolute atomic E-state index is 0.366. The van der Waals surface area contributed by atoms with Crippen molar-refractivity contribution in [1.82, 2.24) is 10.3 Å². The molecular formula is C13H12F2N2S. The number of benzene rings is 1. The van der Waals surface area contributed by atoms with E-state index in [9.17, 15) is 8.78 Å². The Morgan fingerprint density at radius 1 is 1.33 bits per heavy atom. The molecule has 1 atom stereocenters. The van der Waals surface area contributed by atoms with Crippen molar-refractivity contribution >= 4 is 11.3 Å². The molecule has 0 bridgehead atoms. The standard InChI is InChI=1S/C13H12F2N2S/c14-9-1-2-10(11(15)5-9)12-7-18-13(17-12)8-3-4-16-6-8/h1-2,5,7-8,16H,3-4,6H2. The molecule has 1 aromatic heterocycles. The fraction of sp³-hybridized carbons (Fsp3) is 0.308. The number of aromatic nitrogens is 1. The Bertz CT molecular complexity index is 562. The lowest BCUT2D eigenvalue weighted by Gasteiger charge is -2.02. The molecule has 0 spiro atoms. The van der Waals surface area contributed by atoms with Crippen LogP contribution in [0.2, 0.25) is 0 Å². The van der Waals surface area contributed by atoms with Gasteiger partial charge in [0.15, 0.2) is 0 Å². The fourth-order valence-corrected chi connectivity index (χ4v) is 3.12. The van der Waals surface area contributed by atoms with Crippen molar-refractivity contribution in [3.8, 4) is 11.3 Å². The molecule has 3 rings (SSSR count). The normalized spacial score (nSPS) is 19.3. The maximum Gasteiger partial charge on any atom is 0.135 e. The summed E-state index contributed by atoms with van der Waals surface area (Å²) in [6.07, 6.45) is 1.07. The van der Waals surface area contributed by atoms with Gasteiger partial charge in [0, 0.05) is 29.5 Å². The topological polar surface area (TPSA) is 24.9 Å². The highest BCUT2D eigenvalue weighted by molar-refractivity contribution is 7.10. The van der Waals surface area contributed by atoms with Gasteiger partial charge in [-0.15, -0.1) is 11.3 Å². The van der Waals surface area contributed by atoms with E-state index in [1.165, 1.54) is 12.1 Å².